The molecule has 0 heterocycles. The molecule has 0 atom stereocenters. The summed E-state index contributed by atoms with van der Waals surface area (Å²) in [5, 5.41) is 8.09. The molecule has 0 aliphatic carbocycles. The van der Waals surface area contributed by atoms with Crippen LogP contribution < -0.4 is 0 Å². The Hall–Kier alpha value is -1.04. The summed E-state index contributed by atoms with van der Waals surface area (Å²) >= 11 is 0. The highest BCUT2D eigenvalue weighted by Gasteiger charge is 2.16. The van der Waals surface area contributed by atoms with Crippen LogP contribution in [0.15, 0.2) is 0 Å². The van der Waals surface area contributed by atoms with Crippen molar-refractivity contribution in [3.05, 3.63) is 0 Å². The van der Waals surface area contributed by atoms with Crippen molar-refractivity contribution < 1.29 is 9.53 Å². The highest BCUT2D eigenvalue weighted by Crippen LogP contribution is 2.18. The number of rotatable bonds is 2. The zero-order valence-corrected chi connectivity index (χ0v) is 7.18. The molecule has 62 valence electrons. The lowest BCUT2D eigenvalue weighted by atomic mass is 9.93. The summed E-state index contributed by atoms with van der Waals surface area (Å²) in [5.41, 5.74) is -0.0630. The van der Waals surface area contributed by atoms with Crippen molar-refractivity contribution in [1.29, 1.82) is 5.26 Å². The monoisotopic (exact) mass is 155 g/mol. The van der Waals surface area contributed by atoms with Gasteiger partial charge in [0.05, 0.1) is 6.42 Å². The smallest absolute Gasteiger partial charge is 0.307 e. The molecule has 0 unspecified atom stereocenters. The predicted molar refractivity (Wildman–Crippen MR) is 40.6 cm³/mol. The molecule has 0 saturated carbocycles. The molecule has 0 spiro atoms. The third-order valence-electron chi connectivity index (χ3n) is 0.972. The fraction of sp³-hybridized carbons (Fsp3) is 0.750. The molecule has 11 heavy (non-hydrogen) atoms. The van der Waals surface area contributed by atoms with Crippen molar-refractivity contribution in [2.75, 3.05) is 6.61 Å². The van der Waals surface area contributed by atoms with E-state index in [1.54, 1.807) is 6.07 Å². The zero-order chi connectivity index (χ0) is 8.91. The van der Waals surface area contributed by atoms with Crippen LogP contribution in [0.4, 0.5) is 0 Å². The topological polar surface area (TPSA) is 50.1 Å². The summed E-state index contributed by atoms with van der Waals surface area (Å²) < 4.78 is 4.57. The van der Waals surface area contributed by atoms with Gasteiger partial charge in [-0.1, -0.05) is 20.8 Å². The number of ether oxygens (including phenoxy) is 1. The highest BCUT2D eigenvalue weighted by atomic mass is 16.5. The molecule has 0 bridgehead atoms. The van der Waals surface area contributed by atoms with Crippen LogP contribution in [0, 0.1) is 16.7 Å². The van der Waals surface area contributed by atoms with E-state index in [0.717, 1.165) is 0 Å². The second-order valence-corrected chi connectivity index (χ2v) is 3.56. The highest BCUT2D eigenvalue weighted by molar-refractivity contribution is 5.70. The van der Waals surface area contributed by atoms with Gasteiger partial charge in [-0.25, -0.2) is 0 Å². The Morgan fingerprint density at radius 2 is 2.09 bits per heavy atom. The molecule has 3 heteroatoms. The summed E-state index contributed by atoms with van der Waals surface area (Å²) in [6.45, 7) is 5.69. The molecular formula is C8H13NO2. The van der Waals surface area contributed by atoms with Gasteiger partial charge in [-0.3, -0.25) is 4.79 Å². The molecule has 0 radical (unpaired) electrons. The van der Waals surface area contributed by atoms with Crippen LogP contribution in [-0.2, 0) is 9.53 Å². The van der Waals surface area contributed by atoms with Crippen molar-refractivity contribution in [2.45, 2.75) is 27.2 Å². The number of carbonyl (C=O) groups excluding carboxylic acids is 1. The van der Waals surface area contributed by atoms with Gasteiger partial charge in [0.25, 0.3) is 0 Å². The Balaban J connectivity index is 3.64. The van der Waals surface area contributed by atoms with Gasteiger partial charge in [-0.2, -0.15) is 5.26 Å². The number of nitriles is 1. The van der Waals surface area contributed by atoms with Gasteiger partial charge in [0.2, 0.25) is 0 Å². The Labute approximate surface area is 67.0 Å². The summed E-state index contributed by atoms with van der Waals surface area (Å²) in [6, 6.07) is 1.74. The molecule has 0 aliphatic rings. The molecular weight excluding hydrogens is 142 g/mol. The third-order valence-corrected chi connectivity index (χ3v) is 0.972. The first-order valence-corrected chi connectivity index (χ1v) is 3.48. The molecule has 0 saturated heterocycles. The fourth-order valence-electron chi connectivity index (χ4n) is 0.597. The summed E-state index contributed by atoms with van der Waals surface area (Å²) in [6.07, 6.45) is 0.356. The third kappa shape index (κ3) is 6.85. The minimum absolute atomic E-state index is 0.0630. The van der Waals surface area contributed by atoms with Gasteiger partial charge in [-0.05, 0) is 5.41 Å². The lowest BCUT2D eigenvalue weighted by molar-refractivity contribution is -0.144. The van der Waals surface area contributed by atoms with Crippen LogP contribution in [0.3, 0.4) is 0 Å². The van der Waals surface area contributed by atoms with Crippen LogP contribution in [0.5, 0.6) is 0 Å². The second kappa shape index (κ2) is 3.97. The van der Waals surface area contributed by atoms with E-state index in [2.05, 4.69) is 4.74 Å². The van der Waals surface area contributed by atoms with Gasteiger partial charge >= 0.3 is 5.97 Å². The molecule has 0 rings (SSSR count). The first kappa shape index (κ1) is 9.96. The standard InChI is InChI=1S/C8H13NO2/c1-8(2,3)6-7(10)11-5-4-9/h5-6H2,1-3H3. The van der Waals surface area contributed by atoms with E-state index in [-0.39, 0.29) is 18.0 Å². The number of hydrogen-bond acceptors (Lipinski definition) is 3. The zero-order valence-electron chi connectivity index (χ0n) is 7.18. The molecule has 0 aliphatic heterocycles. The Morgan fingerprint density at radius 3 is 2.45 bits per heavy atom. The lowest BCUT2D eigenvalue weighted by Crippen LogP contribution is -2.15. The molecule has 0 fully saturated rings. The number of esters is 1. The van der Waals surface area contributed by atoms with E-state index in [9.17, 15) is 4.79 Å². The van der Waals surface area contributed by atoms with E-state index in [1.165, 1.54) is 0 Å². The Kier molecular flexibility index (Phi) is 3.59. The molecule has 0 amide bonds. The molecule has 0 aromatic carbocycles. The number of carbonyl (C=O) groups is 1. The average molecular weight is 155 g/mol. The lowest BCUT2D eigenvalue weighted by Gasteiger charge is -2.15. The second-order valence-electron chi connectivity index (χ2n) is 3.56. The van der Waals surface area contributed by atoms with Crippen molar-refractivity contribution in [3.8, 4) is 6.07 Å². The summed E-state index contributed by atoms with van der Waals surface area (Å²) in [4.78, 5) is 10.8. The summed E-state index contributed by atoms with van der Waals surface area (Å²) in [7, 11) is 0. The maximum atomic E-state index is 10.8. The predicted octanol–water partition coefficient (Wildman–Crippen LogP) is 1.49. The largest absolute Gasteiger partial charge is 0.450 e. The first-order chi connectivity index (χ1) is 4.95. The molecule has 0 aromatic rings. The van der Waals surface area contributed by atoms with Crippen LogP contribution in [0.1, 0.15) is 27.2 Å². The molecule has 0 N–H and O–H groups in total. The maximum absolute atomic E-state index is 10.8. The quantitative estimate of drug-likeness (QED) is 0.567. The van der Waals surface area contributed by atoms with Crippen LogP contribution in [0.25, 0.3) is 0 Å². The molecule has 3 nitrogen and oxygen atoms in total. The maximum Gasteiger partial charge on any atom is 0.307 e. The number of nitrogens with zero attached hydrogens (tertiary/aromatic N) is 1. The number of hydrogen-bond donors (Lipinski definition) is 0. The Morgan fingerprint density at radius 1 is 1.55 bits per heavy atom. The van der Waals surface area contributed by atoms with Crippen molar-refractivity contribution in [1.82, 2.24) is 0 Å². The van der Waals surface area contributed by atoms with Gasteiger partial charge in [0, 0.05) is 0 Å². The van der Waals surface area contributed by atoms with Crippen LogP contribution >= 0.6 is 0 Å². The van der Waals surface area contributed by atoms with Gasteiger partial charge in [0.15, 0.2) is 6.61 Å². The van der Waals surface area contributed by atoms with Crippen molar-refractivity contribution in [3.63, 3.8) is 0 Å². The fourth-order valence-corrected chi connectivity index (χ4v) is 0.597. The van der Waals surface area contributed by atoms with Crippen molar-refractivity contribution >= 4 is 5.97 Å². The normalized spacial score (nSPS) is 10.4. The summed E-state index contributed by atoms with van der Waals surface area (Å²) in [5.74, 6) is -0.306. The SMILES string of the molecule is CC(C)(C)CC(=O)OCC#N. The van der Waals surface area contributed by atoms with Crippen LogP contribution in [0.2, 0.25) is 0 Å². The van der Waals surface area contributed by atoms with Gasteiger partial charge in [-0.15, -0.1) is 0 Å². The molecule has 0 aromatic heterocycles. The Bertz CT molecular complexity index is 174. The minimum Gasteiger partial charge on any atom is -0.450 e. The van der Waals surface area contributed by atoms with E-state index < -0.39 is 0 Å². The van der Waals surface area contributed by atoms with Crippen molar-refractivity contribution in [2.24, 2.45) is 5.41 Å². The average Bonchev–Trinajstić information content (AvgIpc) is 1.79. The first-order valence-electron chi connectivity index (χ1n) is 3.48. The van der Waals surface area contributed by atoms with E-state index in [1.807, 2.05) is 20.8 Å². The van der Waals surface area contributed by atoms with E-state index in [0.29, 0.717) is 6.42 Å². The minimum atomic E-state index is -0.306. The van der Waals surface area contributed by atoms with E-state index in [4.69, 9.17) is 5.26 Å². The van der Waals surface area contributed by atoms with Gasteiger partial charge in [0.1, 0.15) is 6.07 Å². The van der Waals surface area contributed by atoms with Gasteiger partial charge < -0.3 is 4.74 Å². The van der Waals surface area contributed by atoms with Crippen LogP contribution in [-0.4, -0.2) is 12.6 Å². The van der Waals surface area contributed by atoms with E-state index >= 15 is 0 Å².